The monoisotopic (exact) mass is 368 g/mol. The fraction of sp³-hybridized carbons (Fsp3) is 0.900. The summed E-state index contributed by atoms with van der Waals surface area (Å²) in [5.41, 5.74) is 0. The molecule has 3 rings (SSSR count). The molecule has 5 heteroatoms. The van der Waals surface area contributed by atoms with Gasteiger partial charge in [-0.15, -0.1) is 0 Å². The molecule has 0 radical (unpaired) electrons. The lowest BCUT2D eigenvalue weighted by Gasteiger charge is -2.55. The third-order valence-electron chi connectivity index (χ3n) is 5.74. The predicted octanol–water partition coefficient (Wildman–Crippen LogP) is 5.07. The van der Waals surface area contributed by atoms with E-state index in [1.54, 1.807) is 0 Å². The first-order chi connectivity index (χ1) is 11.6. The van der Waals surface area contributed by atoms with Gasteiger partial charge in [-0.3, -0.25) is 0 Å². The van der Waals surface area contributed by atoms with Crippen LogP contribution in [0.3, 0.4) is 0 Å². The first kappa shape index (κ1) is 19.6. The minimum Gasteiger partial charge on any atom is -0.391 e. The predicted molar refractivity (Wildman–Crippen MR) is 102 cm³/mol. The van der Waals surface area contributed by atoms with Crippen LogP contribution in [0, 0.1) is 0 Å². The standard InChI is InChI=1S/C20H36O4Si/c1-19(2,3)25(20(4,5)6)21-14-17-16(24-25)12-13-18(23-17)22-15-10-8-7-9-11-15/h12-13,15-18H,7-11,14H2,1-6H3/t16-,17-,18+/m1/s1. The highest BCUT2D eigenvalue weighted by molar-refractivity contribution is 6.73. The molecule has 2 heterocycles. The van der Waals surface area contributed by atoms with Gasteiger partial charge in [0.15, 0.2) is 6.29 Å². The Morgan fingerprint density at radius 1 is 0.920 bits per heavy atom. The SMILES string of the molecule is CC(C)(C)[Si]1(C(C)(C)C)OC[C@H]2O[C@H](OC3CCCCC3)C=C[C@H]2O1. The highest BCUT2D eigenvalue weighted by Gasteiger charge is 2.62. The second-order valence-corrected chi connectivity index (χ2v) is 14.6. The van der Waals surface area contributed by atoms with E-state index in [1.807, 2.05) is 6.08 Å². The number of fused-ring (bicyclic) bond motifs is 1. The summed E-state index contributed by atoms with van der Waals surface area (Å²) in [6.45, 7) is 14.1. The molecule has 0 aromatic rings. The van der Waals surface area contributed by atoms with Gasteiger partial charge in [-0.05, 0) is 18.9 Å². The van der Waals surface area contributed by atoms with E-state index in [0.717, 1.165) is 12.8 Å². The summed E-state index contributed by atoms with van der Waals surface area (Å²) >= 11 is 0. The van der Waals surface area contributed by atoms with Crippen molar-refractivity contribution in [2.75, 3.05) is 6.61 Å². The maximum Gasteiger partial charge on any atom is 0.349 e. The topological polar surface area (TPSA) is 36.9 Å². The van der Waals surface area contributed by atoms with Crippen LogP contribution in [-0.4, -0.2) is 39.8 Å². The molecule has 0 amide bonds. The molecule has 1 saturated carbocycles. The van der Waals surface area contributed by atoms with E-state index < -0.39 is 8.56 Å². The lowest BCUT2D eigenvalue weighted by atomic mass is 9.98. The van der Waals surface area contributed by atoms with Gasteiger partial charge < -0.3 is 18.3 Å². The lowest BCUT2D eigenvalue weighted by molar-refractivity contribution is -0.212. The summed E-state index contributed by atoms with van der Waals surface area (Å²) in [6.07, 6.45) is 10.4. The van der Waals surface area contributed by atoms with Crippen molar-refractivity contribution >= 4 is 8.56 Å². The van der Waals surface area contributed by atoms with Crippen LogP contribution >= 0.6 is 0 Å². The van der Waals surface area contributed by atoms with Crippen molar-refractivity contribution in [3.63, 3.8) is 0 Å². The summed E-state index contributed by atoms with van der Waals surface area (Å²) < 4.78 is 25.5. The molecule has 1 saturated heterocycles. The quantitative estimate of drug-likeness (QED) is 0.503. The van der Waals surface area contributed by atoms with Crippen molar-refractivity contribution in [1.82, 2.24) is 0 Å². The third-order valence-corrected chi connectivity index (χ3v) is 10.9. The molecule has 0 N–H and O–H groups in total. The maximum absolute atomic E-state index is 6.69. The van der Waals surface area contributed by atoms with Crippen LogP contribution in [0.1, 0.15) is 73.6 Å². The summed E-state index contributed by atoms with van der Waals surface area (Å²) in [4.78, 5) is 0. The van der Waals surface area contributed by atoms with E-state index in [4.69, 9.17) is 18.3 Å². The van der Waals surface area contributed by atoms with Crippen molar-refractivity contribution in [2.45, 2.75) is 108 Å². The highest BCUT2D eigenvalue weighted by atomic mass is 28.4. The van der Waals surface area contributed by atoms with Crippen molar-refractivity contribution in [2.24, 2.45) is 0 Å². The Hall–Kier alpha value is -0.203. The number of hydrogen-bond acceptors (Lipinski definition) is 4. The van der Waals surface area contributed by atoms with Crippen molar-refractivity contribution in [3.05, 3.63) is 12.2 Å². The summed E-state index contributed by atoms with van der Waals surface area (Å²) in [5.74, 6) is 0. The van der Waals surface area contributed by atoms with Gasteiger partial charge in [0.05, 0.1) is 18.8 Å². The van der Waals surface area contributed by atoms with Crippen LogP contribution in [0.5, 0.6) is 0 Å². The smallest absolute Gasteiger partial charge is 0.349 e. The maximum atomic E-state index is 6.69. The fourth-order valence-corrected chi connectivity index (χ4v) is 9.58. The van der Waals surface area contributed by atoms with E-state index in [0.29, 0.717) is 12.7 Å². The second-order valence-electron chi connectivity index (χ2n) is 9.83. The van der Waals surface area contributed by atoms with E-state index in [-0.39, 0.29) is 28.6 Å². The average Bonchev–Trinajstić information content (AvgIpc) is 2.53. The van der Waals surface area contributed by atoms with Gasteiger partial charge in [0, 0.05) is 10.1 Å². The zero-order valence-electron chi connectivity index (χ0n) is 16.8. The molecule has 0 bridgehead atoms. The van der Waals surface area contributed by atoms with Gasteiger partial charge >= 0.3 is 8.56 Å². The Morgan fingerprint density at radius 3 is 2.16 bits per heavy atom. The van der Waals surface area contributed by atoms with Crippen LogP contribution in [0.4, 0.5) is 0 Å². The van der Waals surface area contributed by atoms with Crippen LogP contribution in [0.25, 0.3) is 0 Å². The fourth-order valence-electron chi connectivity index (χ4n) is 4.67. The average molecular weight is 369 g/mol. The molecule has 2 aliphatic heterocycles. The van der Waals surface area contributed by atoms with Crippen LogP contribution in [0.15, 0.2) is 12.2 Å². The van der Waals surface area contributed by atoms with E-state index >= 15 is 0 Å². The summed E-state index contributed by atoms with van der Waals surface area (Å²) in [7, 11) is -2.43. The molecular formula is C20H36O4Si. The molecule has 0 unspecified atom stereocenters. The summed E-state index contributed by atoms with van der Waals surface area (Å²) in [6, 6.07) is 0. The number of hydrogen-bond donors (Lipinski definition) is 0. The molecule has 0 aromatic carbocycles. The zero-order chi connectivity index (χ0) is 18.3. The van der Waals surface area contributed by atoms with Gasteiger partial charge in [0.1, 0.15) is 6.10 Å². The van der Waals surface area contributed by atoms with Gasteiger partial charge in [-0.1, -0.05) is 66.9 Å². The van der Waals surface area contributed by atoms with Crippen LogP contribution in [-0.2, 0) is 18.3 Å². The van der Waals surface area contributed by atoms with Crippen molar-refractivity contribution in [1.29, 1.82) is 0 Å². The highest BCUT2D eigenvalue weighted by Crippen LogP contribution is 2.54. The molecule has 0 aromatic heterocycles. The molecule has 1 aliphatic carbocycles. The molecule has 3 aliphatic rings. The van der Waals surface area contributed by atoms with Gasteiger partial charge in [-0.2, -0.15) is 0 Å². The molecule has 144 valence electrons. The Labute approximate surface area is 154 Å². The largest absolute Gasteiger partial charge is 0.391 e. The Bertz CT molecular complexity index is 471. The molecule has 0 spiro atoms. The van der Waals surface area contributed by atoms with E-state index in [2.05, 4.69) is 47.6 Å². The third kappa shape index (κ3) is 3.91. The molecule has 4 nitrogen and oxygen atoms in total. The first-order valence-electron chi connectivity index (χ1n) is 9.93. The summed E-state index contributed by atoms with van der Waals surface area (Å²) in [5, 5.41) is -0.000980. The number of ether oxygens (including phenoxy) is 2. The molecule has 25 heavy (non-hydrogen) atoms. The van der Waals surface area contributed by atoms with E-state index in [9.17, 15) is 0 Å². The van der Waals surface area contributed by atoms with Crippen molar-refractivity contribution < 1.29 is 18.3 Å². The molecular weight excluding hydrogens is 332 g/mol. The zero-order valence-corrected chi connectivity index (χ0v) is 17.8. The van der Waals surface area contributed by atoms with Gasteiger partial charge in [0.25, 0.3) is 0 Å². The van der Waals surface area contributed by atoms with Gasteiger partial charge in [-0.25, -0.2) is 0 Å². The minimum atomic E-state index is -2.43. The Balaban J connectivity index is 1.69. The van der Waals surface area contributed by atoms with Crippen molar-refractivity contribution in [3.8, 4) is 0 Å². The lowest BCUT2D eigenvalue weighted by Crippen LogP contribution is -2.65. The van der Waals surface area contributed by atoms with Crippen LogP contribution in [0.2, 0.25) is 10.1 Å². The first-order valence-corrected chi connectivity index (χ1v) is 11.8. The number of rotatable bonds is 2. The van der Waals surface area contributed by atoms with Crippen LogP contribution < -0.4 is 0 Å². The second kappa shape index (κ2) is 7.08. The Kier molecular flexibility index (Phi) is 5.54. The minimum absolute atomic E-state index is 0.000490. The van der Waals surface area contributed by atoms with E-state index in [1.165, 1.54) is 19.3 Å². The molecule has 3 atom stereocenters. The molecule has 2 fully saturated rings. The normalized spacial score (nSPS) is 33.9. The van der Waals surface area contributed by atoms with Gasteiger partial charge in [0.2, 0.25) is 0 Å². The Morgan fingerprint density at radius 2 is 1.56 bits per heavy atom.